The van der Waals surface area contributed by atoms with E-state index in [4.69, 9.17) is 4.74 Å². The maximum absolute atomic E-state index is 14.2. The van der Waals surface area contributed by atoms with Crippen molar-refractivity contribution in [3.8, 4) is 0 Å². The molecule has 1 aromatic carbocycles. The predicted octanol–water partition coefficient (Wildman–Crippen LogP) is 3.43. The fourth-order valence-corrected chi connectivity index (χ4v) is 2.36. The van der Waals surface area contributed by atoms with E-state index in [9.17, 15) is 4.39 Å². The molecular weight excluding hydrogens is 267 g/mol. The zero-order chi connectivity index (χ0) is 15.7. The summed E-state index contributed by atoms with van der Waals surface area (Å²) >= 11 is 0. The summed E-state index contributed by atoms with van der Waals surface area (Å²) in [7, 11) is 1.70. The molecule has 0 fully saturated rings. The monoisotopic (exact) mass is 296 g/mol. The van der Waals surface area contributed by atoms with Crippen molar-refractivity contribution in [1.29, 1.82) is 0 Å². The molecule has 0 unspecified atom stereocenters. The minimum atomic E-state index is -0.137. The Balaban J connectivity index is 2.95. The first-order valence-electron chi connectivity index (χ1n) is 7.82. The predicted molar refractivity (Wildman–Crippen MR) is 87.3 cm³/mol. The summed E-state index contributed by atoms with van der Waals surface area (Å²) in [5, 5.41) is 3.30. The molecule has 1 aromatic rings. The molecule has 4 heteroatoms. The number of rotatable bonds is 10. The summed E-state index contributed by atoms with van der Waals surface area (Å²) in [5.41, 5.74) is 1.73. The van der Waals surface area contributed by atoms with Gasteiger partial charge in [-0.15, -0.1) is 0 Å². The van der Waals surface area contributed by atoms with Crippen LogP contribution in [0.25, 0.3) is 0 Å². The van der Waals surface area contributed by atoms with Gasteiger partial charge in [0.1, 0.15) is 5.82 Å². The molecule has 0 radical (unpaired) electrons. The Morgan fingerprint density at radius 1 is 1.33 bits per heavy atom. The molecular formula is C17H29FN2O. The van der Waals surface area contributed by atoms with Crippen molar-refractivity contribution in [3.05, 3.63) is 29.6 Å². The summed E-state index contributed by atoms with van der Waals surface area (Å²) < 4.78 is 19.4. The van der Waals surface area contributed by atoms with Crippen molar-refractivity contribution >= 4 is 5.69 Å². The molecule has 0 amide bonds. The Kier molecular flexibility index (Phi) is 8.31. The summed E-state index contributed by atoms with van der Waals surface area (Å²) in [6, 6.07) is 5.33. The average molecular weight is 296 g/mol. The highest BCUT2D eigenvalue weighted by Gasteiger charge is 2.15. The largest absolute Gasteiger partial charge is 0.383 e. The second-order valence-electron chi connectivity index (χ2n) is 5.75. The quantitative estimate of drug-likeness (QED) is 0.669. The van der Waals surface area contributed by atoms with Crippen molar-refractivity contribution in [2.75, 3.05) is 38.3 Å². The molecule has 0 aliphatic rings. The van der Waals surface area contributed by atoms with Gasteiger partial charge in [0.2, 0.25) is 0 Å². The zero-order valence-corrected chi connectivity index (χ0v) is 13.8. The van der Waals surface area contributed by atoms with Crippen LogP contribution in [0.4, 0.5) is 10.1 Å². The highest BCUT2D eigenvalue weighted by molar-refractivity contribution is 5.54. The van der Waals surface area contributed by atoms with Crippen molar-refractivity contribution in [3.63, 3.8) is 0 Å². The van der Waals surface area contributed by atoms with E-state index in [0.29, 0.717) is 19.1 Å². The first-order valence-corrected chi connectivity index (χ1v) is 7.82. The van der Waals surface area contributed by atoms with Crippen LogP contribution in [0.3, 0.4) is 0 Å². The Bertz CT molecular complexity index is 410. The minimum absolute atomic E-state index is 0.137. The highest BCUT2D eigenvalue weighted by Crippen LogP contribution is 2.24. The molecule has 3 nitrogen and oxygen atoms in total. The Morgan fingerprint density at radius 3 is 2.71 bits per heavy atom. The van der Waals surface area contributed by atoms with Crippen LogP contribution < -0.4 is 10.2 Å². The van der Waals surface area contributed by atoms with Crippen molar-refractivity contribution < 1.29 is 9.13 Å². The van der Waals surface area contributed by atoms with E-state index in [2.05, 4.69) is 31.0 Å². The molecule has 0 aliphatic heterocycles. The van der Waals surface area contributed by atoms with Gasteiger partial charge in [-0.1, -0.05) is 26.8 Å². The molecule has 0 aromatic heterocycles. The van der Waals surface area contributed by atoms with Gasteiger partial charge in [0, 0.05) is 38.0 Å². The SMILES string of the molecule is CCCNCc1c(F)cccc1N(CCOC)CC(C)C. The smallest absolute Gasteiger partial charge is 0.129 e. The average Bonchev–Trinajstić information content (AvgIpc) is 2.45. The number of benzene rings is 1. The third-order valence-corrected chi connectivity index (χ3v) is 3.31. The van der Waals surface area contributed by atoms with Gasteiger partial charge in [0.25, 0.3) is 0 Å². The Morgan fingerprint density at radius 2 is 2.10 bits per heavy atom. The van der Waals surface area contributed by atoms with Gasteiger partial charge in [0.15, 0.2) is 0 Å². The highest BCUT2D eigenvalue weighted by atomic mass is 19.1. The minimum Gasteiger partial charge on any atom is -0.383 e. The van der Waals surface area contributed by atoms with Crippen LogP contribution in [-0.2, 0) is 11.3 Å². The lowest BCUT2D eigenvalue weighted by Gasteiger charge is -2.29. The summed E-state index contributed by atoms with van der Waals surface area (Å²) in [5.74, 6) is 0.379. The molecule has 0 heterocycles. The Hall–Kier alpha value is -1.13. The molecule has 0 saturated carbocycles. The molecule has 120 valence electrons. The van der Waals surface area contributed by atoms with E-state index in [0.717, 1.165) is 37.3 Å². The molecule has 0 bridgehead atoms. The molecule has 0 atom stereocenters. The third-order valence-electron chi connectivity index (χ3n) is 3.31. The molecule has 21 heavy (non-hydrogen) atoms. The van der Waals surface area contributed by atoms with Gasteiger partial charge >= 0.3 is 0 Å². The first-order chi connectivity index (χ1) is 10.1. The number of hydrogen-bond donors (Lipinski definition) is 1. The second kappa shape index (κ2) is 9.74. The lowest BCUT2D eigenvalue weighted by atomic mass is 10.1. The first kappa shape index (κ1) is 17.9. The van der Waals surface area contributed by atoms with Crippen molar-refractivity contribution in [2.24, 2.45) is 5.92 Å². The number of nitrogens with zero attached hydrogens (tertiary/aromatic N) is 1. The molecule has 0 spiro atoms. The second-order valence-corrected chi connectivity index (χ2v) is 5.75. The number of methoxy groups -OCH3 is 1. The summed E-state index contributed by atoms with van der Waals surface area (Å²) in [4.78, 5) is 2.22. The molecule has 1 N–H and O–H groups in total. The number of halogens is 1. The van der Waals surface area contributed by atoms with Gasteiger partial charge in [-0.3, -0.25) is 0 Å². The maximum Gasteiger partial charge on any atom is 0.129 e. The van der Waals surface area contributed by atoms with Crippen LogP contribution in [0, 0.1) is 11.7 Å². The molecule has 0 aliphatic carbocycles. The van der Waals surface area contributed by atoms with Gasteiger partial charge in [-0.05, 0) is 31.0 Å². The molecule has 1 rings (SSSR count). The van der Waals surface area contributed by atoms with Crippen molar-refractivity contribution in [1.82, 2.24) is 5.32 Å². The van der Waals surface area contributed by atoms with Crippen LogP contribution in [-0.4, -0.2) is 33.4 Å². The topological polar surface area (TPSA) is 24.5 Å². The summed E-state index contributed by atoms with van der Waals surface area (Å²) in [6.07, 6.45) is 1.04. The van der Waals surface area contributed by atoms with Gasteiger partial charge in [-0.25, -0.2) is 4.39 Å². The van der Waals surface area contributed by atoms with Crippen LogP contribution in [0.2, 0.25) is 0 Å². The Labute approximate surface area is 128 Å². The number of ether oxygens (including phenoxy) is 1. The third kappa shape index (κ3) is 6.02. The van der Waals surface area contributed by atoms with E-state index < -0.39 is 0 Å². The standard InChI is InChI=1S/C17H29FN2O/c1-5-9-19-12-15-16(18)7-6-8-17(15)20(10-11-21-4)13-14(2)3/h6-8,14,19H,5,9-13H2,1-4H3. The lowest BCUT2D eigenvalue weighted by molar-refractivity contribution is 0.204. The van der Waals surface area contributed by atoms with Gasteiger partial charge in [0.05, 0.1) is 6.61 Å². The van der Waals surface area contributed by atoms with E-state index in [1.165, 1.54) is 6.07 Å². The number of hydrogen-bond acceptors (Lipinski definition) is 3. The normalized spacial score (nSPS) is 11.1. The van der Waals surface area contributed by atoms with E-state index in [1.807, 2.05) is 6.07 Å². The van der Waals surface area contributed by atoms with Gasteiger partial charge < -0.3 is 15.0 Å². The summed E-state index contributed by atoms with van der Waals surface area (Å²) in [6.45, 7) is 10.2. The van der Waals surface area contributed by atoms with Crippen molar-refractivity contribution in [2.45, 2.75) is 33.7 Å². The van der Waals surface area contributed by atoms with E-state index in [-0.39, 0.29) is 5.82 Å². The zero-order valence-electron chi connectivity index (χ0n) is 13.8. The molecule has 0 saturated heterocycles. The van der Waals surface area contributed by atoms with Crippen LogP contribution in [0.5, 0.6) is 0 Å². The lowest BCUT2D eigenvalue weighted by Crippen LogP contribution is -2.32. The van der Waals surface area contributed by atoms with Gasteiger partial charge in [-0.2, -0.15) is 0 Å². The van der Waals surface area contributed by atoms with E-state index in [1.54, 1.807) is 13.2 Å². The fraction of sp³-hybridized carbons (Fsp3) is 0.647. The van der Waals surface area contributed by atoms with E-state index >= 15 is 0 Å². The number of anilines is 1. The maximum atomic E-state index is 14.2. The van der Waals surface area contributed by atoms with Crippen LogP contribution >= 0.6 is 0 Å². The van der Waals surface area contributed by atoms with Crippen LogP contribution in [0.1, 0.15) is 32.8 Å². The fourth-order valence-electron chi connectivity index (χ4n) is 2.36. The number of nitrogens with one attached hydrogen (secondary N) is 1. The van der Waals surface area contributed by atoms with Crippen LogP contribution in [0.15, 0.2) is 18.2 Å².